The SMILES string of the molecule is CCOc1ccc(C(=O)NCC(=O)N(C)CC(=O)Nc2ccc(F)cc2)cc1. The van der Waals surface area contributed by atoms with E-state index < -0.39 is 23.5 Å². The molecule has 0 radical (unpaired) electrons. The highest BCUT2D eigenvalue weighted by Crippen LogP contribution is 2.12. The summed E-state index contributed by atoms with van der Waals surface area (Å²) in [5.41, 5.74) is 0.823. The van der Waals surface area contributed by atoms with Crippen LogP contribution in [-0.4, -0.2) is 49.4 Å². The lowest BCUT2D eigenvalue weighted by Gasteiger charge is -2.17. The molecule has 0 saturated heterocycles. The Balaban J connectivity index is 1.78. The normalized spacial score (nSPS) is 10.1. The minimum Gasteiger partial charge on any atom is -0.494 e. The largest absolute Gasteiger partial charge is 0.494 e. The molecule has 2 aromatic carbocycles. The quantitative estimate of drug-likeness (QED) is 0.726. The van der Waals surface area contributed by atoms with Crippen molar-refractivity contribution in [1.82, 2.24) is 10.2 Å². The number of carbonyl (C=O) groups excluding carboxylic acids is 3. The van der Waals surface area contributed by atoms with Gasteiger partial charge in [0.15, 0.2) is 0 Å². The summed E-state index contributed by atoms with van der Waals surface area (Å²) in [6.45, 7) is 1.95. The summed E-state index contributed by atoms with van der Waals surface area (Å²) in [4.78, 5) is 37.4. The first-order valence-electron chi connectivity index (χ1n) is 8.69. The monoisotopic (exact) mass is 387 g/mol. The van der Waals surface area contributed by atoms with Crippen LogP contribution in [0.25, 0.3) is 0 Å². The van der Waals surface area contributed by atoms with Crippen LogP contribution in [0.4, 0.5) is 10.1 Å². The Labute approximate surface area is 162 Å². The average Bonchev–Trinajstić information content (AvgIpc) is 2.68. The molecule has 2 rings (SSSR count). The van der Waals surface area contributed by atoms with Gasteiger partial charge in [0.2, 0.25) is 11.8 Å². The molecule has 0 heterocycles. The average molecular weight is 387 g/mol. The van der Waals surface area contributed by atoms with Crippen LogP contribution in [0.3, 0.4) is 0 Å². The van der Waals surface area contributed by atoms with Crippen LogP contribution in [-0.2, 0) is 9.59 Å². The van der Waals surface area contributed by atoms with Gasteiger partial charge in [-0.25, -0.2) is 4.39 Å². The van der Waals surface area contributed by atoms with E-state index in [1.165, 1.54) is 36.2 Å². The zero-order valence-corrected chi connectivity index (χ0v) is 15.7. The lowest BCUT2D eigenvalue weighted by molar-refractivity contribution is -0.132. The highest BCUT2D eigenvalue weighted by molar-refractivity contribution is 5.98. The Morgan fingerprint density at radius 1 is 1.04 bits per heavy atom. The minimum atomic E-state index is -0.430. The Hall–Kier alpha value is -3.42. The molecule has 28 heavy (non-hydrogen) atoms. The van der Waals surface area contributed by atoms with E-state index in [1.54, 1.807) is 24.3 Å². The summed E-state index contributed by atoms with van der Waals surface area (Å²) in [5, 5.41) is 5.08. The fourth-order valence-electron chi connectivity index (χ4n) is 2.30. The van der Waals surface area contributed by atoms with Crippen molar-refractivity contribution in [2.75, 3.05) is 32.1 Å². The van der Waals surface area contributed by atoms with Crippen LogP contribution < -0.4 is 15.4 Å². The number of nitrogens with one attached hydrogen (secondary N) is 2. The zero-order valence-electron chi connectivity index (χ0n) is 15.7. The van der Waals surface area contributed by atoms with Crippen molar-refractivity contribution < 1.29 is 23.5 Å². The lowest BCUT2D eigenvalue weighted by atomic mass is 10.2. The van der Waals surface area contributed by atoms with E-state index in [1.807, 2.05) is 6.92 Å². The van der Waals surface area contributed by atoms with E-state index in [9.17, 15) is 18.8 Å². The number of rotatable bonds is 8. The van der Waals surface area contributed by atoms with Crippen molar-refractivity contribution in [3.8, 4) is 5.75 Å². The van der Waals surface area contributed by atoms with Gasteiger partial charge in [0.25, 0.3) is 5.91 Å². The number of amides is 3. The number of carbonyl (C=O) groups is 3. The van der Waals surface area contributed by atoms with E-state index in [2.05, 4.69) is 10.6 Å². The smallest absolute Gasteiger partial charge is 0.251 e. The second-order valence-corrected chi connectivity index (χ2v) is 5.94. The lowest BCUT2D eigenvalue weighted by Crippen LogP contribution is -2.41. The van der Waals surface area contributed by atoms with Gasteiger partial charge in [-0.1, -0.05) is 0 Å². The number of anilines is 1. The second kappa shape index (κ2) is 10.1. The summed E-state index contributed by atoms with van der Waals surface area (Å²) in [5.74, 6) is -1.01. The van der Waals surface area contributed by atoms with Crippen molar-refractivity contribution >= 4 is 23.4 Å². The number of halogens is 1. The molecule has 0 unspecified atom stereocenters. The third-order valence-corrected chi connectivity index (χ3v) is 3.76. The van der Waals surface area contributed by atoms with Gasteiger partial charge in [-0.2, -0.15) is 0 Å². The van der Waals surface area contributed by atoms with Gasteiger partial charge in [0.1, 0.15) is 11.6 Å². The summed E-state index contributed by atoms with van der Waals surface area (Å²) in [7, 11) is 1.45. The van der Waals surface area contributed by atoms with Crippen molar-refractivity contribution in [3.63, 3.8) is 0 Å². The Morgan fingerprint density at radius 2 is 1.68 bits per heavy atom. The molecule has 0 aromatic heterocycles. The van der Waals surface area contributed by atoms with Gasteiger partial charge in [-0.15, -0.1) is 0 Å². The fourth-order valence-corrected chi connectivity index (χ4v) is 2.30. The minimum absolute atomic E-state index is 0.199. The van der Waals surface area contributed by atoms with Crippen LogP contribution in [0, 0.1) is 5.82 Å². The van der Waals surface area contributed by atoms with E-state index in [-0.39, 0.29) is 13.1 Å². The van der Waals surface area contributed by atoms with Crippen molar-refractivity contribution in [1.29, 1.82) is 0 Å². The first-order valence-corrected chi connectivity index (χ1v) is 8.69. The number of benzene rings is 2. The standard InChI is InChI=1S/C20H22FN3O4/c1-3-28-17-10-4-14(5-11-17)20(27)22-12-19(26)24(2)13-18(25)23-16-8-6-15(21)7-9-16/h4-11H,3,12-13H2,1-2H3,(H,22,27)(H,23,25). The summed E-state index contributed by atoms with van der Waals surface area (Å²) >= 11 is 0. The van der Waals surface area contributed by atoms with Crippen LogP contribution in [0.15, 0.2) is 48.5 Å². The predicted molar refractivity (Wildman–Crippen MR) is 103 cm³/mol. The molecule has 0 atom stereocenters. The Bertz CT molecular complexity index is 822. The van der Waals surface area contributed by atoms with Crippen molar-refractivity contribution in [2.45, 2.75) is 6.92 Å². The number of hydrogen-bond donors (Lipinski definition) is 2. The Kier molecular flexibility index (Phi) is 7.50. The van der Waals surface area contributed by atoms with Crippen LogP contribution >= 0.6 is 0 Å². The molecule has 0 fully saturated rings. The maximum atomic E-state index is 12.9. The molecule has 0 aliphatic heterocycles. The number of likely N-dealkylation sites (N-methyl/N-ethyl adjacent to an activating group) is 1. The fraction of sp³-hybridized carbons (Fsp3) is 0.250. The van der Waals surface area contributed by atoms with Crippen LogP contribution in [0.2, 0.25) is 0 Å². The molecule has 3 amide bonds. The van der Waals surface area contributed by atoms with Gasteiger partial charge in [-0.05, 0) is 55.5 Å². The molecule has 2 aromatic rings. The van der Waals surface area contributed by atoms with Gasteiger partial charge >= 0.3 is 0 Å². The first-order chi connectivity index (χ1) is 13.4. The van der Waals surface area contributed by atoms with Crippen LogP contribution in [0.5, 0.6) is 5.75 Å². The number of nitrogens with zero attached hydrogens (tertiary/aromatic N) is 1. The second-order valence-electron chi connectivity index (χ2n) is 5.94. The van der Waals surface area contributed by atoms with Gasteiger partial charge in [0, 0.05) is 18.3 Å². The topological polar surface area (TPSA) is 87.7 Å². The number of ether oxygens (including phenoxy) is 1. The highest BCUT2D eigenvalue weighted by atomic mass is 19.1. The zero-order chi connectivity index (χ0) is 20.5. The molecule has 2 N–H and O–H groups in total. The van der Waals surface area contributed by atoms with E-state index >= 15 is 0 Å². The molecule has 148 valence electrons. The third kappa shape index (κ3) is 6.39. The first kappa shape index (κ1) is 20.9. The van der Waals surface area contributed by atoms with E-state index in [0.717, 1.165) is 0 Å². The predicted octanol–water partition coefficient (Wildman–Crippen LogP) is 2.05. The molecule has 0 spiro atoms. The summed E-state index contributed by atoms with van der Waals surface area (Å²) in [6, 6.07) is 11.8. The molecule has 0 bridgehead atoms. The molecular formula is C20H22FN3O4. The summed E-state index contributed by atoms with van der Waals surface area (Å²) < 4.78 is 18.2. The molecular weight excluding hydrogens is 365 g/mol. The molecule has 0 saturated carbocycles. The third-order valence-electron chi connectivity index (χ3n) is 3.76. The maximum Gasteiger partial charge on any atom is 0.251 e. The number of hydrogen-bond acceptors (Lipinski definition) is 4. The van der Waals surface area contributed by atoms with Gasteiger partial charge in [0.05, 0.1) is 19.7 Å². The van der Waals surface area contributed by atoms with E-state index in [0.29, 0.717) is 23.6 Å². The maximum absolute atomic E-state index is 12.9. The Morgan fingerprint density at radius 3 is 2.29 bits per heavy atom. The van der Waals surface area contributed by atoms with Crippen molar-refractivity contribution in [2.24, 2.45) is 0 Å². The van der Waals surface area contributed by atoms with Crippen molar-refractivity contribution in [3.05, 3.63) is 59.9 Å². The summed E-state index contributed by atoms with van der Waals surface area (Å²) in [6.07, 6.45) is 0. The molecule has 7 nitrogen and oxygen atoms in total. The molecule has 0 aliphatic carbocycles. The molecule has 8 heteroatoms. The molecule has 0 aliphatic rings. The van der Waals surface area contributed by atoms with Gasteiger partial charge in [-0.3, -0.25) is 14.4 Å². The van der Waals surface area contributed by atoms with Crippen LogP contribution in [0.1, 0.15) is 17.3 Å². The van der Waals surface area contributed by atoms with E-state index in [4.69, 9.17) is 4.74 Å². The highest BCUT2D eigenvalue weighted by Gasteiger charge is 2.15. The van der Waals surface area contributed by atoms with Gasteiger partial charge < -0.3 is 20.3 Å².